The molecule has 2 heterocycles. The fraction of sp³-hybridized carbons (Fsp3) is 0.150. The molecule has 0 saturated carbocycles. The van der Waals surface area contributed by atoms with Gasteiger partial charge in [-0.15, -0.1) is 0 Å². The Labute approximate surface area is 171 Å². The molecule has 0 bridgehead atoms. The van der Waals surface area contributed by atoms with Crippen LogP contribution >= 0.6 is 0 Å². The number of hydrogen-bond donors (Lipinski definition) is 4. The van der Waals surface area contributed by atoms with E-state index in [2.05, 4.69) is 31.2 Å². The third-order valence-corrected chi connectivity index (χ3v) is 4.10. The van der Waals surface area contributed by atoms with Crippen molar-refractivity contribution in [1.82, 2.24) is 15.3 Å². The summed E-state index contributed by atoms with van der Waals surface area (Å²) in [6.07, 6.45) is 1.60. The number of nitrogens with zero attached hydrogens (tertiary/aromatic N) is 2. The molecule has 0 aliphatic carbocycles. The Morgan fingerprint density at radius 3 is 2.67 bits per heavy atom. The fourth-order valence-electron chi connectivity index (χ4n) is 2.70. The van der Waals surface area contributed by atoms with E-state index < -0.39 is 0 Å². The minimum atomic E-state index is -0.336. The lowest BCUT2D eigenvalue weighted by molar-refractivity contribution is 0.174. The highest BCUT2D eigenvalue weighted by Crippen LogP contribution is 2.34. The molecular formula is C20H19FN6O3. The van der Waals surface area contributed by atoms with Gasteiger partial charge in [-0.3, -0.25) is 0 Å². The van der Waals surface area contributed by atoms with Crippen LogP contribution in [0.1, 0.15) is 0 Å². The monoisotopic (exact) mass is 410 g/mol. The molecule has 30 heavy (non-hydrogen) atoms. The van der Waals surface area contributed by atoms with Crippen LogP contribution in [-0.2, 0) is 0 Å². The number of ether oxygens (including phenoxy) is 2. The first-order valence-electron chi connectivity index (χ1n) is 9.20. The highest BCUT2D eigenvalue weighted by Gasteiger charge is 2.14. The summed E-state index contributed by atoms with van der Waals surface area (Å²) in [5.41, 5.74) is 1.28. The number of fused-ring (bicyclic) bond motifs is 1. The summed E-state index contributed by atoms with van der Waals surface area (Å²) in [7, 11) is 0. The predicted molar refractivity (Wildman–Crippen MR) is 110 cm³/mol. The Morgan fingerprint density at radius 1 is 1.00 bits per heavy atom. The van der Waals surface area contributed by atoms with Crippen LogP contribution in [0.2, 0.25) is 0 Å². The van der Waals surface area contributed by atoms with Gasteiger partial charge in [0.2, 0.25) is 12.7 Å². The second-order valence-electron chi connectivity index (χ2n) is 6.27. The van der Waals surface area contributed by atoms with E-state index in [1.54, 1.807) is 42.6 Å². The molecule has 1 aliphatic rings. The number of carbonyl (C=O) groups is 1. The first kappa shape index (κ1) is 19.2. The lowest BCUT2D eigenvalue weighted by Crippen LogP contribution is -2.32. The van der Waals surface area contributed by atoms with Gasteiger partial charge in [0, 0.05) is 36.7 Å². The second kappa shape index (κ2) is 8.95. The first-order valence-corrected chi connectivity index (χ1v) is 9.20. The summed E-state index contributed by atoms with van der Waals surface area (Å²) in [6.45, 7) is 1.02. The van der Waals surface area contributed by atoms with Gasteiger partial charge in [0.05, 0.1) is 0 Å². The van der Waals surface area contributed by atoms with E-state index >= 15 is 0 Å². The van der Waals surface area contributed by atoms with Gasteiger partial charge in [-0.25, -0.2) is 14.2 Å². The maximum atomic E-state index is 13.0. The van der Waals surface area contributed by atoms with Crippen molar-refractivity contribution in [2.45, 2.75) is 0 Å². The summed E-state index contributed by atoms with van der Waals surface area (Å²) in [5, 5.41) is 11.6. The molecule has 1 aromatic heterocycles. The molecule has 0 saturated heterocycles. The van der Waals surface area contributed by atoms with Crippen LogP contribution in [0.15, 0.2) is 54.7 Å². The average Bonchev–Trinajstić information content (AvgIpc) is 3.21. The average molecular weight is 410 g/mol. The Hall–Kier alpha value is -4.08. The normalized spacial score (nSPS) is 11.6. The van der Waals surface area contributed by atoms with Crippen LogP contribution in [0.25, 0.3) is 0 Å². The third-order valence-electron chi connectivity index (χ3n) is 4.10. The molecule has 0 atom stereocenters. The topological polar surface area (TPSA) is 109 Å². The zero-order chi connectivity index (χ0) is 20.8. The standard InChI is InChI=1S/C20H19FN6O3/c21-13-1-3-14(4-2-13)25-19-23-8-7-18(27-19)22-9-10-24-20(28)26-15-5-6-16-17(11-15)30-12-29-16/h1-8,11H,9-10,12H2,(H2,24,26,28)(H2,22,23,25,27). The van der Waals surface area contributed by atoms with Crippen molar-refractivity contribution in [3.63, 3.8) is 0 Å². The minimum absolute atomic E-state index is 0.181. The summed E-state index contributed by atoms with van der Waals surface area (Å²) >= 11 is 0. The van der Waals surface area contributed by atoms with Crippen molar-refractivity contribution in [3.8, 4) is 11.5 Å². The van der Waals surface area contributed by atoms with Gasteiger partial charge >= 0.3 is 6.03 Å². The molecule has 2 amide bonds. The number of rotatable bonds is 7. The Kier molecular flexibility index (Phi) is 5.74. The van der Waals surface area contributed by atoms with Gasteiger partial charge < -0.3 is 30.7 Å². The highest BCUT2D eigenvalue weighted by atomic mass is 19.1. The third kappa shape index (κ3) is 5.04. The van der Waals surface area contributed by atoms with Gasteiger partial charge in [-0.05, 0) is 42.5 Å². The van der Waals surface area contributed by atoms with Crippen molar-refractivity contribution >= 4 is 29.2 Å². The fourth-order valence-corrected chi connectivity index (χ4v) is 2.70. The van der Waals surface area contributed by atoms with Gasteiger partial charge in [-0.2, -0.15) is 4.98 Å². The van der Waals surface area contributed by atoms with E-state index in [0.717, 1.165) is 0 Å². The van der Waals surface area contributed by atoms with Gasteiger partial charge in [0.1, 0.15) is 11.6 Å². The highest BCUT2D eigenvalue weighted by molar-refractivity contribution is 5.89. The van der Waals surface area contributed by atoms with Crippen molar-refractivity contribution in [2.24, 2.45) is 0 Å². The van der Waals surface area contributed by atoms with Crippen LogP contribution in [-0.4, -0.2) is 35.9 Å². The van der Waals surface area contributed by atoms with Crippen LogP contribution in [0, 0.1) is 5.82 Å². The predicted octanol–water partition coefficient (Wildman–Crippen LogP) is 3.32. The maximum absolute atomic E-state index is 13.0. The Morgan fingerprint density at radius 2 is 1.80 bits per heavy atom. The maximum Gasteiger partial charge on any atom is 0.319 e. The second-order valence-corrected chi connectivity index (χ2v) is 6.27. The zero-order valence-corrected chi connectivity index (χ0v) is 15.8. The number of amides is 2. The molecule has 0 radical (unpaired) electrons. The smallest absolute Gasteiger partial charge is 0.319 e. The van der Waals surface area contributed by atoms with Crippen LogP contribution in [0.3, 0.4) is 0 Å². The molecule has 2 aromatic carbocycles. The van der Waals surface area contributed by atoms with Crippen LogP contribution in [0.5, 0.6) is 11.5 Å². The van der Waals surface area contributed by atoms with Crippen molar-refractivity contribution in [3.05, 3.63) is 60.5 Å². The van der Waals surface area contributed by atoms with Crippen molar-refractivity contribution in [2.75, 3.05) is 35.8 Å². The number of carbonyl (C=O) groups excluding carboxylic acids is 1. The molecule has 154 valence electrons. The number of benzene rings is 2. The van der Waals surface area contributed by atoms with Crippen molar-refractivity contribution < 1.29 is 18.7 Å². The summed E-state index contributed by atoms with van der Waals surface area (Å²) in [6, 6.07) is 12.5. The molecule has 9 nitrogen and oxygen atoms in total. The largest absolute Gasteiger partial charge is 0.454 e. The van der Waals surface area contributed by atoms with Crippen molar-refractivity contribution in [1.29, 1.82) is 0 Å². The van der Waals surface area contributed by atoms with Gasteiger partial charge in [0.25, 0.3) is 0 Å². The summed E-state index contributed by atoms with van der Waals surface area (Å²) < 4.78 is 23.5. The molecule has 4 N–H and O–H groups in total. The quantitative estimate of drug-likeness (QED) is 0.442. The number of anilines is 4. The Bertz CT molecular complexity index is 1030. The molecule has 0 spiro atoms. The summed E-state index contributed by atoms with van der Waals surface area (Å²) in [5.74, 6) is 1.91. The lowest BCUT2D eigenvalue weighted by atomic mass is 10.3. The van der Waals surface area contributed by atoms with E-state index in [0.29, 0.717) is 47.7 Å². The molecule has 0 unspecified atom stereocenters. The van der Waals surface area contributed by atoms with E-state index in [4.69, 9.17) is 9.47 Å². The molecule has 3 aromatic rings. The van der Waals surface area contributed by atoms with E-state index in [1.807, 2.05) is 0 Å². The number of halogens is 1. The van der Waals surface area contributed by atoms with E-state index in [-0.39, 0.29) is 18.6 Å². The van der Waals surface area contributed by atoms with Gasteiger partial charge in [-0.1, -0.05) is 0 Å². The minimum Gasteiger partial charge on any atom is -0.454 e. The lowest BCUT2D eigenvalue weighted by Gasteiger charge is -2.10. The molecule has 4 rings (SSSR count). The molecule has 0 fully saturated rings. The number of aromatic nitrogens is 2. The zero-order valence-electron chi connectivity index (χ0n) is 15.8. The number of urea groups is 1. The Balaban J connectivity index is 1.21. The molecular weight excluding hydrogens is 391 g/mol. The number of nitrogens with one attached hydrogen (secondary N) is 4. The summed E-state index contributed by atoms with van der Waals surface area (Å²) in [4.78, 5) is 20.5. The first-order chi connectivity index (χ1) is 14.7. The number of hydrogen-bond acceptors (Lipinski definition) is 7. The van der Waals surface area contributed by atoms with Crippen LogP contribution in [0.4, 0.5) is 32.3 Å². The van der Waals surface area contributed by atoms with Gasteiger partial charge in [0.15, 0.2) is 11.5 Å². The molecule has 1 aliphatic heterocycles. The SMILES string of the molecule is O=C(NCCNc1ccnc(Nc2ccc(F)cc2)n1)Nc1ccc2c(c1)OCO2. The van der Waals surface area contributed by atoms with Crippen LogP contribution < -0.4 is 30.7 Å². The van der Waals surface area contributed by atoms with E-state index in [1.165, 1.54) is 12.1 Å². The molecule has 10 heteroatoms. The van der Waals surface area contributed by atoms with E-state index in [9.17, 15) is 9.18 Å².